The minimum Gasteiger partial charge on any atom is -0.503 e. The summed E-state index contributed by atoms with van der Waals surface area (Å²) in [5.74, 6) is -1.16. The lowest BCUT2D eigenvalue weighted by Gasteiger charge is -2.30. The van der Waals surface area contributed by atoms with Gasteiger partial charge in [0.25, 0.3) is 0 Å². The number of hydrogen-bond acceptors (Lipinski definition) is 4. The van der Waals surface area contributed by atoms with Gasteiger partial charge in [-0.05, 0) is 42.0 Å². The minimum absolute atomic E-state index is 0.0239. The highest BCUT2D eigenvalue weighted by molar-refractivity contribution is 6.36. The van der Waals surface area contributed by atoms with E-state index in [1.165, 1.54) is 0 Å². The number of hydrogen-bond donors (Lipinski definition) is 2. The van der Waals surface area contributed by atoms with E-state index in [-0.39, 0.29) is 28.9 Å². The van der Waals surface area contributed by atoms with Crippen molar-refractivity contribution in [2.45, 2.75) is 38.4 Å². The van der Waals surface area contributed by atoms with Crippen LogP contribution in [0.3, 0.4) is 0 Å². The number of amides is 1. The predicted molar refractivity (Wildman–Crippen MR) is 127 cm³/mol. The summed E-state index contributed by atoms with van der Waals surface area (Å²) in [5.41, 5.74) is 1.75. The Morgan fingerprint density at radius 1 is 1.06 bits per heavy atom. The highest BCUT2D eigenvalue weighted by Gasteiger charge is 2.32. The number of rotatable bonds is 5. The van der Waals surface area contributed by atoms with Crippen LogP contribution in [0.25, 0.3) is 11.1 Å². The number of nitrogens with zero attached hydrogens (tertiary/aromatic N) is 2. The Balaban J connectivity index is 1.47. The van der Waals surface area contributed by atoms with Gasteiger partial charge in [-0.2, -0.15) is 13.2 Å². The number of aromatic nitrogens is 1. The number of halogens is 5. The van der Waals surface area contributed by atoms with Crippen molar-refractivity contribution >= 4 is 29.1 Å². The molecule has 2 N–H and O–H groups in total. The van der Waals surface area contributed by atoms with Gasteiger partial charge in [0, 0.05) is 37.0 Å². The van der Waals surface area contributed by atoms with E-state index >= 15 is 0 Å². The largest absolute Gasteiger partial charge is 0.503 e. The van der Waals surface area contributed by atoms with E-state index in [2.05, 4.69) is 4.98 Å². The van der Waals surface area contributed by atoms with Crippen molar-refractivity contribution in [3.05, 3.63) is 75.0 Å². The molecule has 2 aromatic carbocycles. The zero-order chi connectivity index (χ0) is 25.3. The topological polar surface area (TPSA) is 73.7 Å². The van der Waals surface area contributed by atoms with E-state index in [0.29, 0.717) is 53.8 Å². The fraction of sp³-hybridized carbons (Fsp3) is 0.280. The summed E-state index contributed by atoms with van der Waals surface area (Å²) in [6.45, 7) is 0.494. The van der Waals surface area contributed by atoms with Gasteiger partial charge < -0.3 is 15.1 Å². The maximum absolute atomic E-state index is 13.2. The Kier molecular flexibility index (Phi) is 7.15. The van der Waals surface area contributed by atoms with Crippen LogP contribution in [0.1, 0.15) is 35.2 Å². The smallest absolute Gasteiger partial charge is 0.417 e. The molecule has 1 amide bonds. The van der Waals surface area contributed by atoms with Crippen molar-refractivity contribution in [3.63, 3.8) is 0 Å². The number of carbonyl (C=O) groups is 1. The average molecular weight is 525 g/mol. The normalized spacial score (nSPS) is 13.6. The Labute approximate surface area is 209 Å². The van der Waals surface area contributed by atoms with E-state index in [1.54, 1.807) is 35.2 Å². The molecule has 1 aromatic heterocycles. The maximum atomic E-state index is 13.2. The van der Waals surface area contributed by atoms with Crippen molar-refractivity contribution in [3.8, 4) is 22.6 Å². The number of phenols is 2. The van der Waals surface area contributed by atoms with E-state index in [9.17, 15) is 28.2 Å². The second-order valence-corrected chi connectivity index (χ2v) is 9.04. The summed E-state index contributed by atoms with van der Waals surface area (Å²) in [7, 11) is 0. The molecule has 2 heterocycles. The van der Waals surface area contributed by atoms with Gasteiger partial charge in [0.2, 0.25) is 5.91 Å². The van der Waals surface area contributed by atoms with Gasteiger partial charge >= 0.3 is 6.18 Å². The summed E-state index contributed by atoms with van der Waals surface area (Å²) in [6, 6.07) is 9.80. The van der Waals surface area contributed by atoms with Gasteiger partial charge in [-0.1, -0.05) is 53.5 Å². The van der Waals surface area contributed by atoms with E-state index in [1.807, 2.05) is 0 Å². The van der Waals surface area contributed by atoms with Gasteiger partial charge in [-0.15, -0.1) is 0 Å². The number of phenolic OH excluding ortho intramolecular Hbond substituents is 2. The molecule has 0 atom stereocenters. The van der Waals surface area contributed by atoms with Crippen LogP contribution in [0.15, 0.2) is 42.6 Å². The molecule has 1 aliphatic rings. The van der Waals surface area contributed by atoms with Crippen molar-refractivity contribution in [1.82, 2.24) is 9.88 Å². The fourth-order valence-corrected chi connectivity index (χ4v) is 4.76. The first-order chi connectivity index (χ1) is 16.6. The molecule has 4 rings (SSSR count). The molecular formula is C25H21Cl2F3N2O3. The molecular weight excluding hydrogens is 504 g/mol. The molecule has 10 heteroatoms. The molecule has 0 bridgehead atoms. The molecule has 0 unspecified atom stereocenters. The van der Waals surface area contributed by atoms with Gasteiger partial charge in [0.05, 0.1) is 15.6 Å². The van der Waals surface area contributed by atoms with Crippen LogP contribution in [0.4, 0.5) is 13.2 Å². The highest BCUT2D eigenvalue weighted by atomic mass is 35.5. The average Bonchev–Trinajstić information content (AvgIpc) is 2.85. The first-order valence-electron chi connectivity index (χ1n) is 10.9. The van der Waals surface area contributed by atoms with Gasteiger partial charge in [0.15, 0.2) is 11.5 Å². The van der Waals surface area contributed by atoms with Gasteiger partial charge in [-0.25, -0.2) is 0 Å². The lowest BCUT2D eigenvalue weighted by Crippen LogP contribution is -2.36. The molecule has 0 radical (unpaired) electrons. The minimum atomic E-state index is -4.51. The number of aryl methyl sites for hydroxylation is 1. The van der Waals surface area contributed by atoms with Gasteiger partial charge in [-0.3, -0.25) is 9.78 Å². The SMILES string of the molecule is O=C(CCCc1ncc(C(F)(F)F)cc1-c1ccccc1)N1CCc2c(Cl)c(O)c(O)c(Cl)c2C1. The molecule has 0 saturated heterocycles. The second-order valence-electron chi connectivity index (χ2n) is 8.28. The summed E-state index contributed by atoms with van der Waals surface area (Å²) in [6.07, 6.45) is -2.47. The molecule has 0 fully saturated rings. The standard InChI is InChI=1S/C25H21Cl2F3N2O3/c26-21-16-9-10-32(13-18(16)22(27)24(35)23(21)34)20(33)8-4-7-19-17(14-5-2-1-3-6-14)11-15(12-31-19)25(28,29)30/h1-3,5-6,11-12,34-35H,4,7-10,13H2. The van der Waals surface area contributed by atoms with Gasteiger partial charge in [0.1, 0.15) is 0 Å². The Hall–Kier alpha value is -2.97. The second kappa shape index (κ2) is 9.95. The molecule has 3 aromatic rings. The third kappa shape index (κ3) is 5.18. The zero-order valence-corrected chi connectivity index (χ0v) is 19.9. The summed E-state index contributed by atoms with van der Waals surface area (Å²) in [5, 5.41) is 19.9. The third-order valence-corrected chi connectivity index (χ3v) is 6.87. The Bertz CT molecular complexity index is 1270. The van der Waals surface area contributed by atoms with E-state index in [0.717, 1.165) is 12.3 Å². The lowest BCUT2D eigenvalue weighted by molar-refractivity contribution is -0.137. The fourth-order valence-electron chi connectivity index (χ4n) is 4.19. The molecule has 1 aliphatic heterocycles. The molecule has 0 saturated carbocycles. The van der Waals surface area contributed by atoms with Crippen molar-refractivity contribution in [2.24, 2.45) is 0 Å². The number of pyridine rings is 1. The molecule has 5 nitrogen and oxygen atoms in total. The predicted octanol–water partition coefficient (Wildman–Crippen LogP) is 6.39. The first-order valence-corrected chi connectivity index (χ1v) is 11.6. The molecule has 0 spiro atoms. The Morgan fingerprint density at radius 2 is 1.71 bits per heavy atom. The van der Waals surface area contributed by atoms with Crippen LogP contribution in [0.5, 0.6) is 11.5 Å². The third-order valence-electron chi connectivity index (χ3n) is 6.05. The zero-order valence-electron chi connectivity index (χ0n) is 18.4. The monoisotopic (exact) mass is 524 g/mol. The number of fused-ring (bicyclic) bond motifs is 1. The van der Waals surface area contributed by atoms with Crippen molar-refractivity contribution < 1.29 is 28.2 Å². The summed E-state index contributed by atoms with van der Waals surface area (Å²) < 4.78 is 39.7. The van der Waals surface area contributed by atoms with Crippen LogP contribution in [0.2, 0.25) is 10.0 Å². The molecule has 184 valence electrons. The van der Waals surface area contributed by atoms with E-state index in [4.69, 9.17) is 23.2 Å². The molecule has 35 heavy (non-hydrogen) atoms. The van der Waals surface area contributed by atoms with Crippen LogP contribution in [-0.4, -0.2) is 32.5 Å². The lowest BCUT2D eigenvalue weighted by atomic mass is 9.97. The Morgan fingerprint density at radius 3 is 2.37 bits per heavy atom. The quantitative estimate of drug-likeness (QED) is 0.379. The van der Waals surface area contributed by atoms with Crippen LogP contribution in [-0.2, 0) is 30.4 Å². The van der Waals surface area contributed by atoms with Crippen molar-refractivity contribution in [1.29, 1.82) is 0 Å². The highest BCUT2D eigenvalue weighted by Crippen LogP contribution is 2.46. The number of alkyl halides is 3. The van der Waals surface area contributed by atoms with Crippen LogP contribution < -0.4 is 0 Å². The first kappa shape index (κ1) is 25.1. The van der Waals surface area contributed by atoms with Crippen LogP contribution >= 0.6 is 23.2 Å². The molecule has 0 aliphatic carbocycles. The number of benzene rings is 2. The van der Waals surface area contributed by atoms with Crippen molar-refractivity contribution in [2.75, 3.05) is 6.54 Å². The maximum Gasteiger partial charge on any atom is 0.417 e. The van der Waals surface area contributed by atoms with E-state index < -0.39 is 23.2 Å². The summed E-state index contributed by atoms with van der Waals surface area (Å²) >= 11 is 12.3. The number of carbonyl (C=O) groups excluding carboxylic acids is 1. The number of aromatic hydroxyl groups is 2. The van der Waals surface area contributed by atoms with Crippen LogP contribution in [0, 0.1) is 0 Å². The summed E-state index contributed by atoms with van der Waals surface area (Å²) in [4.78, 5) is 18.5.